The monoisotopic (exact) mass is 551 g/mol. The van der Waals surface area contributed by atoms with E-state index in [0.717, 1.165) is 29.2 Å². The van der Waals surface area contributed by atoms with Crippen molar-refractivity contribution in [3.63, 3.8) is 0 Å². The largest absolute Gasteiger partial charge is 0.507 e. The Balaban J connectivity index is 1.94. The molecule has 1 fully saturated rings. The van der Waals surface area contributed by atoms with Gasteiger partial charge in [0.2, 0.25) is 0 Å². The van der Waals surface area contributed by atoms with E-state index in [0.29, 0.717) is 11.3 Å². The molecule has 0 radical (unpaired) electrons. The molecule has 3 aromatic carbocycles. The summed E-state index contributed by atoms with van der Waals surface area (Å²) in [6.45, 7) is 0. The van der Waals surface area contributed by atoms with Crippen molar-refractivity contribution in [2.24, 2.45) is 0 Å². The van der Waals surface area contributed by atoms with Crippen LogP contribution in [-0.2, 0) is 15.8 Å². The van der Waals surface area contributed by atoms with Gasteiger partial charge in [0.15, 0.2) is 5.75 Å². The number of hydrogen-bond acceptors (Lipinski definition) is 5. The molecule has 1 amide bonds. The highest BCUT2D eigenvalue weighted by molar-refractivity contribution is 6.51. The van der Waals surface area contributed by atoms with Crippen molar-refractivity contribution in [3.05, 3.63) is 93.0 Å². The lowest BCUT2D eigenvalue weighted by atomic mass is 9.95. The highest BCUT2D eigenvalue weighted by Gasteiger charge is 2.47. The van der Waals surface area contributed by atoms with Gasteiger partial charge in [-0.1, -0.05) is 35.3 Å². The number of alkyl halides is 3. The average Bonchev–Trinajstić information content (AvgIpc) is 3.13. The molecule has 1 aliphatic rings. The Bertz CT molecular complexity index is 1400. The van der Waals surface area contributed by atoms with Crippen LogP contribution < -0.4 is 14.4 Å². The zero-order chi connectivity index (χ0) is 27.1. The fourth-order valence-corrected chi connectivity index (χ4v) is 4.73. The summed E-state index contributed by atoms with van der Waals surface area (Å²) in [6, 6.07) is 11.6. The van der Waals surface area contributed by atoms with E-state index < -0.39 is 35.2 Å². The second-order valence-electron chi connectivity index (χ2n) is 7.96. The van der Waals surface area contributed by atoms with Crippen LogP contribution in [0, 0.1) is 0 Å². The van der Waals surface area contributed by atoms with E-state index in [1.54, 1.807) is 24.3 Å². The first-order valence-electron chi connectivity index (χ1n) is 10.6. The molecule has 1 saturated heterocycles. The topological polar surface area (TPSA) is 76.1 Å². The number of halogens is 5. The van der Waals surface area contributed by atoms with E-state index in [1.165, 1.54) is 26.4 Å². The third-order valence-electron chi connectivity index (χ3n) is 5.80. The number of ketones is 1. The molecule has 3 aromatic rings. The first kappa shape index (κ1) is 26.4. The molecule has 0 aromatic heterocycles. The first-order chi connectivity index (χ1) is 17.5. The Morgan fingerprint density at radius 2 is 1.57 bits per heavy atom. The van der Waals surface area contributed by atoms with E-state index in [1.807, 2.05) is 0 Å². The number of ether oxygens (including phenoxy) is 2. The second kappa shape index (κ2) is 9.99. The minimum atomic E-state index is -4.59. The summed E-state index contributed by atoms with van der Waals surface area (Å²) in [7, 11) is 2.78. The SMILES string of the molecule is COc1cccc(C2/C(=C(\O)c3cc(Cl)c(OC)c(Cl)c3)C(=O)C(=O)N2c2ccc(C(F)(F)F)cc2)c1. The van der Waals surface area contributed by atoms with Crippen molar-refractivity contribution >= 4 is 46.3 Å². The van der Waals surface area contributed by atoms with Crippen molar-refractivity contribution in [2.75, 3.05) is 19.1 Å². The number of amides is 1. The van der Waals surface area contributed by atoms with Gasteiger partial charge in [0.25, 0.3) is 11.7 Å². The Kier molecular flexibility index (Phi) is 7.12. The fourth-order valence-electron chi connectivity index (χ4n) is 4.08. The molecule has 1 atom stereocenters. The molecule has 11 heteroatoms. The number of aliphatic hydroxyl groups excluding tert-OH is 1. The molecular formula is C26H18Cl2F3NO5. The normalized spacial score (nSPS) is 17.3. The summed E-state index contributed by atoms with van der Waals surface area (Å²) < 4.78 is 49.7. The van der Waals surface area contributed by atoms with Gasteiger partial charge in [-0.05, 0) is 54.1 Å². The molecule has 1 heterocycles. The van der Waals surface area contributed by atoms with E-state index in [2.05, 4.69) is 0 Å². The van der Waals surface area contributed by atoms with Crippen LogP contribution in [0.4, 0.5) is 18.9 Å². The Labute approximate surface area is 219 Å². The summed E-state index contributed by atoms with van der Waals surface area (Å²) in [5.41, 5.74) is -0.809. The molecule has 192 valence electrons. The third kappa shape index (κ3) is 4.84. The van der Waals surface area contributed by atoms with Crippen molar-refractivity contribution in [1.29, 1.82) is 0 Å². The van der Waals surface area contributed by atoms with Crippen LogP contribution >= 0.6 is 23.2 Å². The number of benzene rings is 3. The number of hydrogen-bond donors (Lipinski definition) is 1. The van der Waals surface area contributed by atoms with Crippen molar-refractivity contribution < 1.29 is 37.3 Å². The smallest absolute Gasteiger partial charge is 0.416 e. The van der Waals surface area contributed by atoms with Gasteiger partial charge in [-0.25, -0.2) is 0 Å². The molecule has 1 aliphatic heterocycles. The minimum Gasteiger partial charge on any atom is -0.507 e. The van der Waals surface area contributed by atoms with Crippen LogP contribution in [0.25, 0.3) is 5.76 Å². The van der Waals surface area contributed by atoms with Gasteiger partial charge in [0, 0.05) is 11.3 Å². The Morgan fingerprint density at radius 3 is 2.11 bits per heavy atom. The summed E-state index contributed by atoms with van der Waals surface area (Å²) in [4.78, 5) is 27.5. The predicted octanol–water partition coefficient (Wildman–Crippen LogP) is 6.66. The lowest BCUT2D eigenvalue weighted by molar-refractivity contribution is -0.137. The maximum absolute atomic E-state index is 13.3. The number of anilines is 1. The van der Waals surface area contributed by atoms with Gasteiger partial charge in [0.05, 0.1) is 41.4 Å². The van der Waals surface area contributed by atoms with E-state index >= 15 is 0 Å². The molecule has 0 aliphatic carbocycles. The summed E-state index contributed by atoms with van der Waals surface area (Å²) in [5.74, 6) is -2.12. The minimum absolute atomic E-state index is 0.0211. The number of carbonyl (C=O) groups excluding carboxylic acids is 2. The summed E-state index contributed by atoms with van der Waals surface area (Å²) in [5, 5.41) is 11.3. The lowest BCUT2D eigenvalue weighted by Gasteiger charge is -2.26. The van der Waals surface area contributed by atoms with E-state index in [9.17, 15) is 27.9 Å². The Hall–Kier alpha value is -3.69. The molecule has 0 spiro atoms. The zero-order valence-electron chi connectivity index (χ0n) is 19.3. The van der Waals surface area contributed by atoms with Crippen molar-refractivity contribution in [3.8, 4) is 11.5 Å². The molecule has 1 unspecified atom stereocenters. The Morgan fingerprint density at radius 1 is 0.946 bits per heavy atom. The highest BCUT2D eigenvalue weighted by Crippen LogP contribution is 2.44. The number of nitrogens with zero attached hydrogens (tertiary/aromatic N) is 1. The molecular weight excluding hydrogens is 534 g/mol. The van der Waals surface area contributed by atoms with E-state index in [4.69, 9.17) is 32.7 Å². The number of rotatable bonds is 5. The number of aliphatic hydroxyl groups is 1. The molecule has 6 nitrogen and oxygen atoms in total. The lowest BCUT2D eigenvalue weighted by Crippen LogP contribution is -2.29. The van der Waals surface area contributed by atoms with Crippen molar-refractivity contribution in [2.45, 2.75) is 12.2 Å². The fraction of sp³-hybridized carbons (Fsp3) is 0.154. The van der Waals surface area contributed by atoms with Gasteiger partial charge < -0.3 is 14.6 Å². The van der Waals surface area contributed by atoms with Gasteiger partial charge in [-0.3, -0.25) is 14.5 Å². The quantitative estimate of drug-likeness (QED) is 0.218. The zero-order valence-corrected chi connectivity index (χ0v) is 20.8. The molecule has 4 rings (SSSR count). The predicted molar refractivity (Wildman–Crippen MR) is 132 cm³/mol. The molecule has 0 bridgehead atoms. The number of carbonyl (C=O) groups is 2. The van der Waals surface area contributed by atoms with Crippen LogP contribution in [0.2, 0.25) is 10.0 Å². The van der Waals surface area contributed by atoms with Crippen LogP contribution in [0.15, 0.2) is 66.2 Å². The third-order valence-corrected chi connectivity index (χ3v) is 6.36. The van der Waals surface area contributed by atoms with Gasteiger partial charge >= 0.3 is 6.18 Å². The summed E-state index contributed by atoms with van der Waals surface area (Å²) in [6.07, 6.45) is -4.59. The molecule has 1 N–H and O–H groups in total. The number of methoxy groups -OCH3 is 2. The average molecular weight is 552 g/mol. The van der Waals surface area contributed by atoms with Crippen molar-refractivity contribution in [1.82, 2.24) is 0 Å². The van der Waals surface area contributed by atoms with Crippen LogP contribution in [0.5, 0.6) is 11.5 Å². The van der Waals surface area contributed by atoms with Crippen LogP contribution in [0.3, 0.4) is 0 Å². The van der Waals surface area contributed by atoms with E-state index in [-0.39, 0.29) is 32.6 Å². The maximum atomic E-state index is 13.3. The molecule has 0 saturated carbocycles. The molecule has 37 heavy (non-hydrogen) atoms. The van der Waals surface area contributed by atoms with Gasteiger partial charge in [-0.2, -0.15) is 13.2 Å². The van der Waals surface area contributed by atoms with Crippen LogP contribution in [-0.4, -0.2) is 31.0 Å². The summed E-state index contributed by atoms with van der Waals surface area (Å²) >= 11 is 12.4. The van der Waals surface area contributed by atoms with Gasteiger partial charge in [-0.15, -0.1) is 0 Å². The second-order valence-corrected chi connectivity index (χ2v) is 8.78. The first-order valence-corrected chi connectivity index (χ1v) is 11.4. The van der Waals surface area contributed by atoms with Gasteiger partial charge in [0.1, 0.15) is 11.5 Å². The standard InChI is InChI=1S/C26H18Cl2F3NO5/c1-36-17-5-3-4-13(10-17)21-20(22(33)14-11-18(27)24(37-2)19(28)12-14)23(34)25(35)32(21)16-8-6-15(7-9-16)26(29,30)31/h3-12,21,33H,1-2H3/b22-20+. The number of Topliss-reactive ketones (excluding diaryl/α,β-unsaturated/α-hetero) is 1. The highest BCUT2D eigenvalue weighted by atomic mass is 35.5. The van der Waals surface area contributed by atoms with Crippen LogP contribution in [0.1, 0.15) is 22.7 Å². The maximum Gasteiger partial charge on any atom is 0.416 e.